The standard InChI is InChI=1S/C8H8F3NO2.ClH/c9-8(10,11)7(12)4-1-5(13)3-6(14)2-4;/h1-3,7,13-14H,12H2;1H/t7-;/m1./s1. The van der Waals surface area contributed by atoms with Gasteiger partial charge in [0.1, 0.15) is 17.5 Å². The van der Waals surface area contributed by atoms with Crippen molar-refractivity contribution >= 4 is 12.4 Å². The lowest BCUT2D eigenvalue weighted by atomic mass is 10.1. The molecule has 0 aliphatic carbocycles. The van der Waals surface area contributed by atoms with Crippen LogP contribution in [0.5, 0.6) is 11.5 Å². The second-order valence-electron chi connectivity index (χ2n) is 2.80. The molecule has 86 valence electrons. The molecule has 0 spiro atoms. The zero-order chi connectivity index (χ0) is 10.9. The van der Waals surface area contributed by atoms with Gasteiger partial charge in [0.05, 0.1) is 0 Å². The van der Waals surface area contributed by atoms with E-state index in [0.717, 1.165) is 18.2 Å². The van der Waals surface area contributed by atoms with Crippen molar-refractivity contribution < 1.29 is 23.4 Å². The Bertz CT molecular complexity index is 323. The molecular formula is C8H9ClF3NO2. The van der Waals surface area contributed by atoms with Crippen molar-refractivity contribution in [2.75, 3.05) is 0 Å². The molecule has 0 aliphatic heterocycles. The summed E-state index contributed by atoms with van der Waals surface area (Å²) in [4.78, 5) is 0. The summed E-state index contributed by atoms with van der Waals surface area (Å²) >= 11 is 0. The van der Waals surface area contributed by atoms with Gasteiger partial charge < -0.3 is 15.9 Å². The smallest absolute Gasteiger partial charge is 0.407 e. The largest absolute Gasteiger partial charge is 0.508 e. The highest BCUT2D eigenvalue weighted by molar-refractivity contribution is 5.85. The highest BCUT2D eigenvalue weighted by atomic mass is 35.5. The molecule has 3 nitrogen and oxygen atoms in total. The minimum atomic E-state index is -4.60. The summed E-state index contributed by atoms with van der Waals surface area (Å²) in [6, 6.07) is 0.433. The van der Waals surface area contributed by atoms with Gasteiger partial charge in [-0.25, -0.2) is 0 Å². The molecule has 4 N–H and O–H groups in total. The summed E-state index contributed by atoms with van der Waals surface area (Å²) in [5, 5.41) is 17.9. The van der Waals surface area contributed by atoms with Crippen LogP contribution >= 0.6 is 12.4 Å². The van der Waals surface area contributed by atoms with Crippen LogP contribution < -0.4 is 5.73 Å². The van der Waals surface area contributed by atoms with Gasteiger partial charge in [-0.3, -0.25) is 0 Å². The molecule has 7 heteroatoms. The summed E-state index contributed by atoms with van der Waals surface area (Å²) in [6.07, 6.45) is -4.60. The van der Waals surface area contributed by atoms with Crippen LogP contribution in [0.2, 0.25) is 0 Å². The number of alkyl halides is 3. The maximum atomic E-state index is 12.1. The highest BCUT2D eigenvalue weighted by Gasteiger charge is 2.38. The summed E-state index contributed by atoms with van der Waals surface area (Å²) in [5.74, 6) is -0.917. The first-order valence-corrected chi connectivity index (χ1v) is 3.66. The van der Waals surface area contributed by atoms with E-state index in [4.69, 9.17) is 15.9 Å². The fourth-order valence-corrected chi connectivity index (χ4v) is 0.987. The number of benzene rings is 1. The Labute approximate surface area is 89.7 Å². The number of aromatic hydroxyl groups is 2. The van der Waals surface area contributed by atoms with Gasteiger partial charge in [0.15, 0.2) is 0 Å². The number of hydrogen-bond donors (Lipinski definition) is 3. The van der Waals surface area contributed by atoms with E-state index in [0.29, 0.717) is 0 Å². The van der Waals surface area contributed by atoms with E-state index in [9.17, 15) is 13.2 Å². The van der Waals surface area contributed by atoms with Gasteiger partial charge in [-0.15, -0.1) is 12.4 Å². The van der Waals surface area contributed by atoms with E-state index < -0.39 is 23.7 Å². The molecule has 15 heavy (non-hydrogen) atoms. The Kier molecular flexibility index (Phi) is 4.24. The highest BCUT2D eigenvalue weighted by Crippen LogP contribution is 2.33. The topological polar surface area (TPSA) is 66.5 Å². The third kappa shape index (κ3) is 3.49. The summed E-state index contributed by atoms with van der Waals surface area (Å²) in [6.45, 7) is 0. The quantitative estimate of drug-likeness (QED) is 0.707. The first-order chi connectivity index (χ1) is 6.30. The molecule has 0 bridgehead atoms. The van der Waals surface area contributed by atoms with Gasteiger partial charge in [-0.05, 0) is 17.7 Å². The van der Waals surface area contributed by atoms with Gasteiger partial charge in [0.25, 0.3) is 0 Å². The van der Waals surface area contributed by atoms with Gasteiger partial charge in [0.2, 0.25) is 0 Å². The average Bonchev–Trinajstić information content (AvgIpc) is 1.99. The number of hydrogen-bond acceptors (Lipinski definition) is 3. The predicted octanol–water partition coefficient (Wildman–Crippen LogP) is 2.08. The number of phenols is 2. The molecule has 1 rings (SSSR count). The fraction of sp³-hybridized carbons (Fsp3) is 0.250. The maximum absolute atomic E-state index is 12.1. The Morgan fingerprint density at radius 2 is 1.47 bits per heavy atom. The van der Waals surface area contributed by atoms with E-state index in [1.54, 1.807) is 0 Å². The lowest BCUT2D eigenvalue weighted by molar-refractivity contribution is -0.149. The molecule has 0 saturated carbocycles. The normalized spacial score (nSPS) is 13.1. The Balaban J connectivity index is 0.00000196. The first-order valence-electron chi connectivity index (χ1n) is 3.66. The average molecular weight is 244 g/mol. The third-order valence-electron chi connectivity index (χ3n) is 1.64. The van der Waals surface area contributed by atoms with E-state index >= 15 is 0 Å². The minimum Gasteiger partial charge on any atom is -0.508 e. The van der Waals surface area contributed by atoms with E-state index in [2.05, 4.69) is 0 Å². The molecule has 0 fully saturated rings. The molecule has 0 unspecified atom stereocenters. The molecule has 0 aliphatic rings. The van der Waals surface area contributed by atoms with Crippen LogP contribution in [0, 0.1) is 0 Å². The lowest BCUT2D eigenvalue weighted by Crippen LogP contribution is -2.28. The molecule has 0 radical (unpaired) electrons. The monoisotopic (exact) mass is 243 g/mol. The molecule has 0 aromatic heterocycles. The second-order valence-corrected chi connectivity index (χ2v) is 2.80. The summed E-state index contributed by atoms with van der Waals surface area (Å²) in [7, 11) is 0. The fourth-order valence-electron chi connectivity index (χ4n) is 0.987. The van der Waals surface area contributed by atoms with Gasteiger partial charge in [-0.1, -0.05) is 0 Å². The Hall–Kier alpha value is -1.14. The van der Waals surface area contributed by atoms with Crippen LogP contribution in [0.3, 0.4) is 0 Å². The van der Waals surface area contributed by atoms with Crippen molar-refractivity contribution in [2.45, 2.75) is 12.2 Å². The van der Waals surface area contributed by atoms with Crippen molar-refractivity contribution in [1.82, 2.24) is 0 Å². The van der Waals surface area contributed by atoms with Crippen LogP contribution in [0.25, 0.3) is 0 Å². The Morgan fingerprint density at radius 1 is 1.07 bits per heavy atom. The SMILES string of the molecule is Cl.N[C@H](c1cc(O)cc(O)c1)C(F)(F)F. The van der Waals surface area contributed by atoms with Crippen molar-refractivity contribution in [3.8, 4) is 11.5 Å². The lowest BCUT2D eigenvalue weighted by Gasteiger charge is -2.16. The van der Waals surface area contributed by atoms with Crippen LogP contribution in [0.4, 0.5) is 13.2 Å². The number of phenolic OH excluding ortho intramolecular Hbond substituents is 2. The van der Waals surface area contributed by atoms with Gasteiger partial charge in [-0.2, -0.15) is 13.2 Å². The predicted molar refractivity (Wildman–Crippen MR) is 50.0 cm³/mol. The van der Waals surface area contributed by atoms with Gasteiger partial charge in [0, 0.05) is 6.07 Å². The summed E-state index contributed by atoms with van der Waals surface area (Å²) in [5.41, 5.74) is 4.48. The first kappa shape index (κ1) is 13.9. The van der Waals surface area contributed by atoms with Crippen LogP contribution in [0.1, 0.15) is 11.6 Å². The number of rotatable bonds is 1. The zero-order valence-electron chi connectivity index (χ0n) is 7.32. The molecule has 1 atom stereocenters. The van der Waals surface area contributed by atoms with Crippen LogP contribution in [0.15, 0.2) is 18.2 Å². The van der Waals surface area contributed by atoms with E-state index in [1.807, 2.05) is 0 Å². The molecule has 0 amide bonds. The molecule has 1 aromatic rings. The third-order valence-corrected chi connectivity index (χ3v) is 1.64. The van der Waals surface area contributed by atoms with Crippen molar-refractivity contribution in [1.29, 1.82) is 0 Å². The molecule has 0 saturated heterocycles. The van der Waals surface area contributed by atoms with Crippen LogP contribution in [-0.2, 0) is 0 Å². The zero-order valence-corrected chi connectivity index (χ0v) is 8.14. The summed E-state index contributed by atoms with van der Waals surface area (Å²) < 4.78 is 36.3. The molecule has 1 aromatic carbocycles. The van der Waals surface area contributed by atoms with Gasteiger partial charge >= 0.3 is 6.18 Å². The van der Waals surface area contributed by atoms with Crippen molar-refractivity contribution in [3.63, 3.8) is 0 Å². The van der Waals surface area contributed by atoms with Crippen molar-refractivity contribution in [3.05, 3.63) is 23.8 Å². The Morgan fingerprint density at radius 3 is 1.80 bits per heavy atom. The minimum absolute atomic E-state index is 0. The number of halogens is 4. The van der Waals surface area contributed by atoms with Crippen molar-refractivity contribution in [2.24, 2.45) is 5.73 Å². The van der Waals surface area contributed by atoms with Crippen LogP contribution in [-0.4, -0.2) is 16.4 Å². The second kappa shape index (κ2) is 4.59. The van der Waals surface area contributed by atoms with E-state index in [1.165, 1.54) is 0 Å². The van der Waals surface area contributed by atoms with E-state index in [-0.39, 0.29) is 18.0 Å². The molecule has 0 heterocycles. The molecular weight excluding hydrogens is 235 g/mol. The number of nitrogens with two attached hydrogens (primary N) is 1. The maximum Gasteiger partial charge on any atom is 0.407 e.